The molecule has 0 spiro atoms. The van der Waals surface area contributed by atoms with E-state index in [-0.39, 0.29) is 42.5 Å². The molecule has 2 radical (unpaired) electrons. The molecule has 0 aromatic rings. The lowest BCUT2D eigenvalue weighted by Crippen LogP contribution is -2.65. The summed E-state index contributed by atoms with van der Waals surface area (Å²) < 4.78 is 44.9. The molecule has 0 bridgehead atoms. The van der Waals surface area contributed by atoms with E-state index in [9.17, 15) is 13.2 Å². The Kier molecular flexibility index (Phi) is 6.92. The van der Waals surface area contributed by atoms with Gasteiger partial charge in [-0.25, -0.2) is 0 Å². The first-order valence-corrected chi connectivity index (χ1v) is 9.52. The highest BCUT2D eigenvalue weighted by atomic mass is 32.2. The van der Waals surface area contributed by atoms with E-state index >= 15 is 0 Å². The Morgan fingerprint density at radius 1 is 1.21 bits per heavy atom. The molecule has 2 fully saturated rings. The van der Waals surface area contributed by atoms with Gasteiger partial charge >= 0.3 is 6.18 Å². The number of nitrogens with zero attached hydrogens (tertiary/aromatic N) is 2. The van der Waals surface area contributed by atoms with Gasteiger partial charge in [0.25, 0.3) is 0 Å². The second-order valence-electron chi connectivity index (χ2n) is 6.94. The Balaban J connectivity index is 2.07. The van der Waals surface area contributed by atoms with Crippen molar-refractivity contribution in [1.29, 1.82) is 0 Å². The first-order valence-electron chi connectivity index (χ1n) is 8.23. The lowest BCUT2D eigenvalue weighted by molar-refractivity contribution is -0.194. The van der Waals surface area contributed by atoms with E-state index in [2.05, 4.69) is 15.1 Å². The third kappa shape index (κ3) is 4.61. The average Bonchev–Trinajstić information content (AvgIpc) is 2.50. The zero-order chi connectivity index (χ0) is 18.1. The Labute approximate surface area is 148 Å². The molecular formula is C15H27BF3N3OS. The van der Waals surface area contributed by atoms with Crippen molar-refractivity contribution in [1.82, 2.24) is 15.1 Å². The van der Waals surface area contributed by atoms with Crippen LogP contribution in [0.25, 0.3) is 0 Å². The summed E-state index contributed by atoms with van der Waals surface area (Å²) in [5.41, 5.74) is 0. The van der Waals surface area contributed by atoms with Gasteiger partial charge in [0.1, 0.15) is 6.29 Å². The fourth-order valence-corrected chi connectivity index (χ4v) is 4.82. The predicted molar refractivity (Wildman–Crippen MR) is 92.1 cm³/mol. The van der Waals surface area contributed by atoms with Crippen molar-refractivity contribution in [2.45, 2.75) is 55.1 Å². The first kappa shape index (κ1) is 20.4. The van der Waals surface area contributed by atoms with Crippen LogP contribution in [0, 0.1) is 5.92 Å². The van der Waals surface area contributed by atoms with E-state index in [1.807, 2.05) is 20.4 Å². The standard InChI is InChI=1S/C15H27BF3N3OS/c1-21-8-12(16)13(24-4)22(2)14(21)20-10-5-9(15(17,18)19)6-11(7-10)23-3/h9-14,20H,5-8H2,1-4H3. The van der Waals surface area contributed by atoms with Gasteiger partial charge in [-0.3, -0.25) is 15.1 Å². The van der Waals surface area contributed by atoms with Gasteiger partial charge in [0.15, 0.2) is 0 Å². The van der Waals surface area contributed by atoms with E-state index in [4.69, 9.17) is 12.6 Å². The summed E-state index contributed by atoms with van der Waals surface area (Å²) in [5, 5.41) is 3.55. The summed E-state index contributed by atoms with van der Waals surface area (Å²) in [6, 6.07) is -0.234. The SMILES string of the molecule is [B]C1CN(C)C(NC2CC(OC)CC(C(F)(F)F)C2)N(C)C1SC. The van der Waals surface area contributed by atoms with Gasteiger partial charge < -0.3 is 4.74 Å². The molecular weight excluding hydrogens is 338 g/mol. The monoisotopic (exact) mass is 365 g/mol. The number of ether oxygens (including phenoxy) is 1. The number of thioether (sulfide) groups is 1. The van der Waals surface area contributed by atoms with Crippen LogP contribution in [0.15, 0.2) is 0 Å². The fraction of sp³-hybridized carbons (Fsp3) is 1.00. The molecule has 1 N–H and O–H groups in total. The minimum absolute atomic E-state index is 0.00838. The summed E-state index contributed by atoms with van der Waals surface area (Å²) >= 11 is 1.67. The number of halogens is 3. The Bertz CT molecular complexity index is 418. The molecule has 1 saturated heterocycles. The van der Waals surface area contributed by atoms with E-state index < -0.39 is 12.1 Å². The minimum atomic E-state index is -4.17. The molecule has 2 rings (SSSR count). The maximum atomic E-state index is 13.2. The summed E-state index contributed by atoms with van der Waals surface area (Å²) in [7, 11) is 11.6. The van der Waals surface area contributed by atoms with Crippen molar-refractivity contribution >= 4 is 19.6 Å². The van der Waals surface area contributed by atoms with E-state index in [1.165, 1.54) is 7.11 Å². The topological polar surface area (TPSA) is 27.7 Å². The van der Waals surface area contributed by atoms with Crippen LogP contribution in [0.1, 0.15) is 19.3 Å². The molecule has 4 nitrogen and oxygen atoms in total. The highest BCUT2D eigenvalue weighted by molar-refractivity contribution is 7.99. The van der Waals surface area contributed by atoms with Crippen molar-refractivity contribution < 1.29 is 17.9 Å². The number of alkyl halides is 3. The Morgan fingerprint density at radius 2 is 1.88 bits per heavy atom. The fourth-order valence-electron chi connectivity index (χ4n) is 3.93. The van der Waals surface area contributed by atoms with Gasteiger partial charge in [-0.1, -0.05) is 0 Å². The predicted octanol–water partition coefficient (Wildman–Crippen LogP) is 2.13. The second-order valence-corrected chi connectivity index (χ2v) is 7.89. The molecule has 1 aliphatic carbocycles. The van der Waals surface area contributed by atoms with Gasteiger partial charge in [0.2, 0.25) is 0 Å². The minimum Gasteiger partial charge on any atom is -0.381 e. The summed E-state index contributed by atoms with van der Waals surface area (Å²) in [6.07, 6.45) is -1.92. The smallest absolute Gasteiger partial charge is 0.381 e. The molecule has 0 amide bonds. The largest absolute Gasteiger partial charge is 0.391 e. The van der Waals surface area contributed by atoms with Crippen LogP contribution in [0.2, 0.25) is 5.82 Å². The Hall–Kier alpha value is 0.0449. The summed E-state index contributed by atoms with van der Waals surface area (Å²) in [6.45, 7) is 0.705. The van der Waals surface area contributed by atoms with E-state index in [1.54, 1.807) is 11.8 Å². The highest BCUT2D eigenvalue weighted by Gasteiger charge is 2.46. The molecule has 2 aliphatic rings. The zero-order valence-corrected chi connectivity index (χ0v) is 15.5. The highest BCUT2D eigenvalue weighted by Crippen LogP contribution is 2.39. The van der Waals surface area contributed by atoms with Crippen LogP contribution < -0.4 is 5.32 Å². The number of rotatable bonds is 4. The third-order valence-corrected chi connectivity index (χ3v) is 6.32. The first-order chi connectivity index (χ1) is 11.2. The van der Waals surface area contributed by atoms with Crippen LogP contribution in [-0.2, 0) is 4.74 Å². The lowest BCUT2D eigenvalue weighted by Gasteiger charge is -2.50. The molecule has 9 heteroatoms. The van der Waals surface area contributed by atoms with Crippen molar-refractivity contribution in [2.75, 3.05) is 34.0 Å². The van der Waals surface area contributed by atoms with E-state index in [0.717, 1.165) is 0 Å². The lowest BCUT2D eigenvalue weighted by atomic mass is 9.82. The van der Waals surface area contributed by atoms with Gasteiger partial charge in [-0.05, 0) is 52.0 Å². The van der Waals surface area contributed by atoms with Gasteiger partial charge in [0.05, 0.1) is 25.2 Å². The molecule has 6 atom stereocenters. The molecule has 1 aliphatic heterocycles. The van der Waals surface area contributed by atoms with Crippen LogP contribution in [0.3, 0.4) is 0 Å². The second kappa shape index (κ2) is 8.16. The van der Waals surface area contributed by atoms with Crippen LogP contribution >= 0.6 is 11.8 Å². The van der Waals surface area contributed by atoms with Crippen molar-refractivity contribution in [3.63, 3.8) is 0 Å². The van der Waals surface area contributed by atoms with E-state index in [0.29, 0.717) is 13.0 Å². The quantitative estimate of drug-likeness (QED) is 0.771. The third-order valence-electron chi connectivity index (χ3n) is 5.16. The molecule has 6 unspecified atom stereocenters. The normalized spacial score (nSPS) is 40.0. The van der Waals surface area contributed by atoms with Gasteiger partial charge in [0, 0.05) is 13.2 Å². The molecule has 0 aromatic heterocycles. The molecule has 1 saturated carbocycles. The van der Waals surface area contributed by atoms with Gasteiger partial charge in [-0.2, -0.15) is 13.2 Å². The number of methoxy groups -OCH3 is 1. The maximum absolute atomic E-state index is 13.2. The van der Waals surface area contributed by atoms with Crippen molar-refractivity contribution in [2.24, 2.45) is 5.92 Å². The van der Waals surface area contributed by atoms with Crippen molar-refractivity contribution in [3.05, 3.63) is 0 Å². The molecule has 24 heavy (non-hydrogen) atoms. The zero-order valence-electron chi connectivity index (χ0n) is 14.7. The number of nitrogens with one attached hydrogen (secondary N) is 1. The molecule has 0 aromatic carbocycles. The summed E-state index contributed by atoms with van der Waals surface area (Å²) in [4.78, 5) is 4.17. The van der Waals surface area contributed by atoms with Crippen LogP contribution in [0.5, 0.6) is 0 Å². The van der Waals surface area contributed by atoms with Crippen molar-refractivity contribution in [3.8, 4) is 0 Å². The molecule has 1 heterocycles. The number of hydrogen-bond acceptors (Lipinski definition) is 5. The van der Waals surface area contributed by atoms with Crippen LogP contribution in [-0.4, -0.2) is 81.6 Å². The number of hydrogen-bond donors (Lipinski definition) is 1. The van der Waals surface area contributed by atoms with Crippen LogP contribution in [0.4, 0.5) is 13.2 Å². The maximum Gasteiger partial charge on any atom is 0.391 e. The average molecular weight is 365 g/mol. The van der Waals surface area contributed by atoms with Gasteiger partial charge in [-0.15, -0.1) is 11.8 Å². The Morgan fingerprint density at radius 3 is 2.42 bits per heavy atom. The summed E-state index contributed by atoms with van der Waals surface area (Å²) in [5.74, 6) is -1.31. The molecule has 138 valence electrons.